The van der Waals surface area contributed by atoms with Gasteiger partial charge in [0.1, 0.15) is 11.6 Å². The Labute approximate surface area is 193 Å². The van der Waals surface area contributed by atoms with Gasteiger partial charge in [-0.25, -0.2) is 0 Å². The zero-order valence-corrected chi connectivity index (χ0v) is 19.4. The molecule has 3 aromatic heterocycles. The molecule has 2 amide bonds. The number of nitrogens with zero attached hydrogens (tertiary/aromatic N) is 3. The van der Waals surface area contributed by atoms with Gasteiger partial charge in [0.25, 0.3) is 11.8 Å². The third kappa shape index (κ3) is 3.03. The van der Waals surface area contributed by atoms with Crippen molar-refractivity contribution in [1.29, 1.82) is 5.26 Å². The van der Waals surface area contributed by atoms with Crippen molar-refractivity contribution in [2.75, 3.05) is 6.54 Å². The molecule has 0 unspecified atom stereocenters. The lowest BCUT2D eigenvalue weighted by Gasteiger charge is -2.26. The first-order chi connectivity index (χ1) is 15.4. The number of aryl methyl sites for hydroxylation is 1. The summed E-state index contributed by atoms with van der Waals surface area (Å²) in [5.74, 6) is -0.864. The van der Waals surface area contributed by atoms with E-state index < -0.39 is 5.91 Å². The lowest BCUT2D eigenvalue weighted by atomic mass is 9.95. The lowest BCUT2D eigenvalue weighted by molar-refractivity contribution is -0.140. The molecular weight excluding hydrogens is 438 g/mol. The van der Waals surface area contributed by atoms with Crippen molar-refractivity contribution >= 4 is 60.9 Å². The highest BCUT2D eigenvalue weighted by Gasteiger charge is 2.34. The van der Waals surface area contributed by atoms with Gasteiger partial charge >= 0.3 is 0 Å². The molecule has 4 heterocycles. The van der Waals surface area contributed by atoms with Crippen LogP contribution < -0.4 is 0 Å². The normalized spacial score (nSPS) is 16.1. The number of thiophene rings is 2. The Balaban J connectivity index is 1.58. The van der Waals surface area contributed by atoms with Crippen molar-refractivity contribution in [3.05, 3.63) is 64.1 Å². The Hall–Kier alpha value is -3.47. The molecule has 1 aliphatic heterocycles. The molecule has 0 atom stereocenters. The van der Waals surface area contributed by atoms with E-state index in [0.29, 0.717) is 11.1 Å². The van der Waals surface area contributed by atoms with E-state index >= 15 is 0 Å². The van der Waals surface area contributed by atoms with Gasteiger partial charge < -0.3 is 4.57 Å². The van der Waals surface area contributed by atoms with Crippen LogP contribution in [0.3, 0.4) is 0 Å². The van der Waals surface area contributed by atoms with Crippen molar-refractivity contribution < 1.29 is 9.59 Å². The number of carbonyl (C=O) groups is 2. The molecule has 0 bridgehead atoms. The summed E-state index contributed by atoms with van der Waals surface area (Å²) in [6, 6.07) is 16.8. The van der Waals surface area contributed by atoms with Crippen LogP contribution in [-0.4, -0.2) is 27.8 Å². The molecule has 0 radical (unpaired) electrons. The molecule has 0 spiro atoms. The van der Waals surface area contributed by atoms with Crippen molar-refractivity contribution in [1.82, 2.24) is 9.47 Å². The molecule has 0 N–H and O–H groups in total. The van der Waals surface area contributed by atoms with Gasteiger partial charge in [-0.1, -0.05) is 18.2 Å². The highest BCUT2D eigenvalue weighted by atomic mass is 32.1. The first-order valence-electron chi connectivity index (χ1n) is 10.2. The summed E-state index contributed by atoms with van der Waals surface area (Å²) in [5.41, 5.74) is 3.12. The first-order valence-corrected chi connectivity index (χ1v) is 11.8. The number of hydrogen-bond acceptors (Lipinski definition) is 5. The summed E-state index contributed by atoms with van der Waals surface area (Å²) < 4.78 is 4.56. The fourth-order valence-electron chi connectivity index (χ4n) is 4.11. The molecule has 0 saturated carbocycles. The van der Waals surface area contributed by atoms with Crippen LogP contribution in [0.15, 0.2) is 59.2 Å². The van der Waals surface area contributed by atoms with Crippen LogP contribution >= 0.6 is 22.7 Å². The van der Waals surface area contributed by atoms with Gasteiger partial charge in [-0.15, -0.1) is 22.7 Å². The smallest absolute Gasteiger partial charge is 0.271 e. The van der Waals surface area contributed by atoms with Crippen LogP contribution in [0.5, 0.6) is 0 Å². The van der Waals surface area contributed by atoms with Gasteiger partial charge in [0.2, 0.25) is 0 Å². The summed E-state index contributed by atoms with van der Waals surface area (Å²) in [6.45, 7) is 3.64. The molecule has 1 aliphatic rings. The highest BCUT2D eigenvalue weighted by Crippen LogP contribution is 2.39. The maximum Gasteiger partial charge on any atom is 0.271 e. The van der Waals surface area contributed by atoms with E-state index in [1.165, 1.54) is 15.0 Å². The second-order valence-electron chi connectivity index (χ2n) is 7.66. The Morgan fingerprint density at radius 2 is 1.84 bits per heavy atom. The van der Waals surface area contributed by atoms with E-state index in [0.717, 1.165) is 25.7 Å². The predicted molar refractivity (Wildman–Crippen MR) is 130 cm³/mol. The Morgan fingerprint density at radius 3 is 2.53 bits per heavy atom. The average molecular weight is 458 g/mol. The lowest BCUT2D eigenvalue weighted by Crippen LogP contribution is -2.42. The third-order valence-electron chi connectivity index (χ3n) is 5.86. The molecule has 0 aliphatic carbocycles. The fourth-order valence-corrected chi connectivity index (χ4v) is 6.29. The number of imide groups is 1. The number of benzene rings is 1. The van der Waals surface area contributed by atoms with Gasteiger partial charge in [-0.05, 0) is 55.1 Å². The number of rotatable bonds is 3. The Kier molecular flexibility index (Phi) is 4.85. The van der Waals surface area contributed by atoms with E-state index in [-0.39, 0.29) is 18.0 Å². The van der Waals surface area contributed by atoms with E-state index in [9.17, 15) is 14.9 Å². The summed E-state index contributed by atoms with van der Waals surface area (Å²) in [5, 5.41) is 10.7. The van der Waals surface area contributed by atoms with Gasteiger partial charge in [-0.2, -0.15) is 5.26 Å². The topological polar surface area (TPSA) is 66.1 Å². The van der Waals surface area contributed by atoms with Crippen molar-refractivity contribution in [3.63, 3.8) is 0 Å². The van der Waals surface area contributed by atoms with E-state index in [4.69, 9.17) is 0 Å². The second kappa shape index (κ2) is 7.59. The minimum atomic E-state index is -0.515. The standard InChI is InChI=1S/C25H19N3O2S2/c1-4-28-24(29)17(14(2)18(13-26)25(28)30)10-16-11-19-23(31-16)12-20(27(19)3)22-9-15-7-5-6-8-21(15)32-22/h5-12H,4H2,1-3H3/b17-10-. The number of amides is 2. The van der Waals surface area contributed by atoms with Crippen LogP contribution in [0.1, 0.15) is 18.7 Å². The van der Waals surface area contributed by atoms with Crippen LogP contribution in [0.4, 0.5) is 0 Å². The van der Waals surface area contributed by atoms with Crippen molar-refractivity contribution in [3.8, 4) is 16.6 Å². The molecule has 32 heavy (non-hydrogen) atoms. The van der Waals surface area contributed by atoms with E-state index in [1.54, 1.807) is 42.6 Å². The number of nitriles is 1. The first kappa shape index (κ1) is 20.4. The molecule has 7 heteroatoms. The number of carbonyl (C=O) groups excluding carboxylic acids is 2. The molecule has 158 valence electrons. The molecule has 5 rings (SSSR count). The molecule has 4 aromatic rings. The largest absolute Gasteiger partial charge is 0.342 e. The van der Waals surface area contributed by atoms with Gasteiger partial charge in [0.15, 0.2) is 0 Å². The molecular formula is C25H19N3O2S2. The monoisotopic (exact) mass is 457 g/mol. The van der Waals surface area contributed by atoms with Crippen LogP contribution in [0.25, 0.3) is 36.9 Å². The Bertz CT molecular complexity index is 1510. The van der Waals surface area contributed by atoms with Crippen LogP contribution in [-0.2, 0) is 16.6 Å². The zero-order valence-electron chi connectivity index (χ0n) is 17.8. The number of hydrogen-bond donors (Lipinski definition) is 0. The van der Waals surface area contributed by atoms with E-state index in [2.05, 4.69) is 47.0 Å². The molecule has 5 nitrogen and oxygen atoms in total. The summed E-state index contributed by atoms with van der Waals surface area (Å²) in [4.78, 5) is 28.5. The second-order valence-corrected chi connectivity index (χ2v) is 9.86. The van der Waals surface area contributed by atoms with Gasteiger partial charge in [0, 0.05) is 28.7 Å². The quantitative estimate of drug-likeness (QED) is 0.291. The summed E-state index contributed by atoms with van der Waals surface area (Å²) in [7, 11) is 2.05. The van der Waals surface area contributed by atoms with Gasteiger partial charge in [-0.3, -0.25) is 14.5 Å². The van der Waals surface area contributed by atoms with Crippen LogP contribution in [0.2, 0.25) is 0 Å². The van der Waals surface area contributed by atoms with Gasteiger partial charge in [0.05, 0.1) is 20.8 Å². The third-order valence-corrected chi connectivity index (χ3v) is 8.01. The van der Waals surface area contributed by atoms with E-state index in [1.807, 2.05) is 13.1 Å². The van der Waals surface area contributed by atoms with Crippen molar-refractivity contribution in [2.45, 2.75) is 13.8 Å². The summed E-state index contributed by atoms with van der Waals surface area (Å²) >= 11 is 3.37. The maximum atomic E-state index is 12.9. The fraction of sp³-hybridized carbons (Fsp3) is 0.160. The average Bonchev–Trinajstić information content (AvgIpc) is 3.45. The Morgan fingerprint density at radius 1 is 1.06 bits per heavy atom. The molecule has 0 fully saturated rings. The summed E-state index contributed by atoms with van der Waals surface area (Å²) in [6.07, 6.45) is 1.80. The SMILES string of the molecule is CCN1C(=O)C(C#N)=C(C)/C(=C/c2cc3c(cc(-c4cc5ccccc5s4)n3C)s2)C1=O. The highest BCUT2D eigenvalue weighted by molar-refractivity contribution is 7.22. The van der Waals surface area contributed by atoms with Crippen molar-refractivity contribution in [2.24, 2.45) is 7.05 Å². The predicted octanol–water partition coefficient (Wildman–Crippen LogP) is 5.73. The number of likely N-dealkylation sites (N-methyl/N-ethyl adjacent to an activating group) is 1. The molecule has 1 aromatic carbocycles. The maximum absolute atomic E-state index is 12.9. The van der Waals surface area contributed by atoms with Crippen LogP contribution in [0, 0.1) is 11.3 Å². The minimum Gasteiger partial charge on any atom is -0.342 e. The number of fused-ring (bicyclic) bond motifs is 2. The zero-order chi connectivity index (χ0) is 22.6. The molecule has 0 saturated heterocycles. The number of aromatic nitrogens is 1. The minimum absolute atomic E-state index is 0.0332.